The molecule has 2 aromatic rings. The molecule has 0 amide bonds. The van der Waals surface area contributed by atoms with Crippen LogP contribution in [-0.4, -0.2) is 10.2 Å². The van der Waals surface area contributed by atoms with Crippen molar-refractivity contribution in [3.8, 4) is 11.3 Å². The van der Waals surface area contributed by atoms with E-state index < -0.39 is 0 Å². The minimum Gasteiger partial charge on any atom is -0.449 e. The first kappa shape index (κ1) is 6.67. The number of rotatable bonds is 1. The third-order valence-electron chi connectivity index (χ3n) is 1.36. The molecule has 0 saturated heterocycles. The summed E-state index contributed by atoms with van der Waals surface area (Å²) in [6.45, 7) is 0. The van der Waals surface area contributed by atoms with E-state index in [1.54, 1.807) is 12.4 Å². The predicted molar refractivity (Wildman–Crippen MR) is 44.0 cm³/mol. The van der Waals surface area contributed by atoms with Gasteiger partial charge < -0.3 is 4.42 Å². The molecule has 0 aromatic carbocycles. The summed E-state index contributed by atoms with van der Waals surface area (Å²) in [7, 11) is 0. The highest BCUT2D eigenvalue weighted by atomic mass is 79.9. The fourth-order valence-corrected chi connectivity index (χ4v) is 1.16. The zero-order valence-electron chi connectivity index (χ0n) is 5.54. The molecule has 0 unspecified atom stereocenters. The smallest absolute Gasteiger partial charge is 0.169 e. The van der Waals surface area contributed by atoms with Crippen LogP contribution in [0, 0.1) is 0 Å². The second-order valence-corrected chi connectivity index (χ2v) is 2.87. The van der Waals surface area contributed by atoms with Crippen LogP contribution in [0.15, 0.2) is 33.6 Å². The van der Waals surface area contributed by atoms with Gasteiger partial charge in [-0.1, -0.05) is 0 Å². The summed E-state index contributed by atoms with van der Waals surface area (Å²) in [5, 5.41) is 6.52. The number of furan rings is 1. The predicted octanol–water partition coefficient (Wildman–Crippen LogP) is 2.43. The molecule has 2 rings (SSSR count). The molecule has 0 fully saturated rings. The molecular weight excluding hydrogens is 208 g/mol. The Kier molecular flexibility index (Phi) is 1.54. The van der Waals surface area contributed by atoms with Crippen molar-refractivity contribution in [3.63, 3.8) is 0 Å². The summed E-state index contributed by atoms with van der Waals surface area (Å²) in [6.07, 6.45) is 3.50. The number of nitrogens with zero attached hydrogens (tertiary/aromatic N) is 1. The maximum absolute atomic E-state index is 5.28. The van der Waals surface area contributed by atoms with Gasteiger partial charge in [-0.3, -0.25) is 5.10 Å². The second kappa shape index (κ2) is 2.54. The van der Waals surface area contributed by atoms with Crippen LogP contribution in [0.3, 0.4) is 0 Å². The quantitative estimate of drug-likeness (QED) is 0.790. The molecule has 1 N–H and O–H groups in total. The Bertz CT molecular complexity index is 339. The standard InChI is InChI=1S/C7H5BrN2O/c8-7-2-1-6(11-7)5-3-9-10-4-5/h1-4H,(H,9,10). The van der Waals surface area contributed by atoms with Crippen molar-refractivity contribution in [2.75, 3.05) is 0 Å². The first-order valence-corrected chi connectivity index (χ1v) is 3.90. The molecule has 2 aromatic heterocycles. The SMILES string of the molecule is Brc1ccc(-c2cn[nH]c2)o1. The fourth-order valence-electron chi connectivity index (χ4n) is 0.855. The Morgan fingerprint density at radius 1 is 1.45 bits per heavy atom. The van der Waals surface area contributed by atoms with E-state index in [0.29, 0.717) is 0 Å². The van der Waals surface area contributed by atoms with Gasteiger partial charge in [-0.25, -0.2) is 0 Å². The Balaban J connectivity index is 2.45. The van der Waals surface area contributed by atoms with Crippen LogP contribution in [0.25, 0.3) is 11.3 Å². The average Bonchev–Trinajstić information content (AvgIpc) is 2.55. The third kappa shape index (κ3) is 1.21. The van der Waals surface area contributed by atoms with Gasteiger partial charge in [0.15, 0.2) is 4.67 Å². The highest BCUT2D eigenvalue weighted by molar-refractivity contribution is 9.10. The zero-order valence-corrected chi connectivity index (χ0v) is 7.13. The number of halogens is 1. The second-order valence-electron chi connectivity index (χ2n) is 2.09. The van der Waals surface area contributed by atoms with Gasteiger partial charge >= 0.3 is 0 Å². The number of hydrogen-bond donors (Lipinski definition) is 1. The highest BCUT2D eigenvalue weighted by Crippen LogP contribution is 2.23. The van der Waals surface area contributed by atoms with E-state index >= 15 is 0 Å². The molecule has 56 valence electrons. The number of nitrogens with one attached hydrogen (secondary N) is 1. The fraction of sp³-hybridized carbons (Fsp3) is 0. The van der Waals surface area contributed by atoms with Gasteiger partial charge in [-0.2, -0.15) is 5.10 Å². The van der Waals surface area contributed by atoms with Crippen LogP contribution in [0.1, 0.15) is 0 Å². The molecule has 3 nitrogen and oxygen atoms in total. The van der Waals surface area contributed by atoms with Gasteiger partial charge in [-0.05, 0) is 28.1 Å². The minimum atomic E-state index is 0.730. The topological polar surface area (TPSA) is 41.8 Å². The minimum absolute atomic E-state index is 0.730. The van der Waals surface area contributed by atoms with Crippen LogP contribution in [-0.2, 0) is 0 Å². The van der Waals surface area contributed by atoms with E-state index in [9.17, 15) is 0 Å². The van der Waals surface area contributed by atoms with E-state index in [4.69, 9.17) is 4.42 Å². The monoisotopic (exact) mass is 212 g/mol. The number of aromatic nitrogens is 2. The maximum Gasteiger partial charge on any atom is 0.169 e. The van der Waals surface area contributed by atoms with Crippen molar-refractivity contribution in [3.05, 3.63) is 29.2 Å². The van der Waals surface area contributed by atoms with E-state index in [0.717, 1.165) is 16.0 Å². The molecule has 0 atom stereocenters. The highest BCUT2D eigenvalue weighted by Gasteiger charge is 2.02. The summed E-state index contributed by atoms with van der Waals surface area (Å²) in [6, 6.07) is 3.73. The van der Waals surface area contributed by atoms with E-state index in [1.165, 1.54) is 0 Å². The zero-order chi connectivity index (χ0) is 7.68. The van der Waals surface area contributed by atoms with Crippen molar-refractivity contribution >= 4 is 15.9 Å². The Hall–Kier alpha value is -1.03. The lowest BCUT2D eigenvalue weighted by Crippen LogP contribution is -1.63. The number of H-pyrrole nitrogens is 1. The number of aromatic amines is 1. The molecule has 0 aliphatic rings. The van der Waals surface area contributed by atoms with Crippen molar-refractivity contribution in [2.24, 2.45) is 0 Å². The molecule has 11 heavy (non-hydrogen) atoms. The van der Waals surface area contributed by atoms with Gasteiger partial charge in [-0.15, -0.1) is 0 Å². The van der Waals surface area contributed by atoms with Crippen LogP contribution in [0.2, 0.25) is 0 Å². The normalized spacial score (nSPS) is 10.3. The van der Waals surface area contributed by atoms with Gasteiger partial charge in [0.2, 0.25) is 0 Å². The third-order valence-corrected chi connectivity index (χ3v) is 1.78. The van der Waals surface area contributed by atoms with E-state index in [-0.39, 0.29) is 0 Å². The van der Waals surface area contributed by atoms with Crippen LogP contribution >= 0.6 is 15.9 Å². The van der Waals surface area contributed by atoms with Crippen molar-refractivity contribution in [1.29, 1.82) is 0 Å². The van der Waals surface area contributed by atoms with Gasteiger partial charge in [0.05, 0.1) is 11.8 Å². The average molecular weight is 213 g/mol. The van der Waals surface area contributed by atoms with Gasteiger partial charge in [0.1, 0.15) is 5.76 Å². The summed E-state index contributed by atoms with van der Waals surface area (Å²) in [5.74, 6) is 0.811. The van der Waals surface area contributed by atoms with E-state index in [2.05, 4.69) is 26.1 Å². The molecule has 0 saturated carbocycles. The molecular formula is C7H5BrN2O. The largest absolute Gasteiger partial charge is 0.449 e. The van der Waals surface area contributed by atoms with Gasteiger partial charge in [0.25, 0.3) is 0 Å². The first-order chi connectivity index (χ1) is 5.36. The lowest BCUT2D eigenvalue weighted by Gasteiger charge is -1.85. The number of hydrogen-bond acceptors (Lipinski definition) is 2. The van der Waals surface area contributed by atoms with Crippen molar-refractivity contribution in [1.82, 2.24) is 10.2 Å². The van der Waals surface area contributed by atoms with Crippen LogP contribution in [0.4, 0.5) is 0 Å². The Labute approximate surface area is 71.5 Å². The molecule has 4 heteroatoms. The Morgan fingerprint density at radius 3 is 2.91 bits per heavy atom. The van der Waals surface area contributed by atoms with Gasteiger partial charge in [0, 0.05) is 6.20 Å². The van der Waals surface area contributed by atoms with Crippen LogP contribution < -0.4 is 0 Å². The van der Waals surface area contributed by atoms with Crippen molar-refractivity contribution in [2.45, 2.75) is 0 Å². The summed E-state index contributed by atoms with van der Waals surface area (Å²) < 4.78 is 6.01. The maximum atomic E-state index is 5.28. The summed E-state index contributed by atoms with van der Waals surface area (Å²) in [5.41, 5.74) is 0.954. The molecule has 0 aliphatic heterocycles. The first-order valence-electron chi connectivity index (χ1n) is 3.11. The molecule has 0 aliphatic carbocycles. The lowest BCUT2D eigenvalue weighted by molar-refractivity contribution is 0.556. The molecule has 0 radical (unpaired) electrons. The Morgan fingerprint density at radius 2 is 2.36 bits per heavy atom. The van der Waals surface area contributed by atoms with E-state index in [1.807, 2.05) is 12.1 Å². The van der Waals surface area contributed by atoms with Crippen molar-refractivity contribution < 1.29 is 4.42 Å². The summed E-state index contributed by atoms with van der Waals surface area (Å²) in [4.78, 5) is 0. The lowest BCUT2D eigenvalue weighted by atomic mass is 10.3. The molecule has 0 bridgehead atoms. The molecule has 2 heterocycles. The van der Waals surface area contributed by atoms with Crippen LogP contribution in [0.5, 0.6) is 0 Å². The molecule has 0 spiro atoms. The summed E-state index contributed by atoms with van der Waals surface area (Å²) >= 11 is 3.22.